The molecule has 0 spiro atoms. The number of benzene rings is 1. The molecule has 0 saturated carbocycles. The lowest BCUT2D eigenvalue weighted by atomic mass is 10.3. The molecule has 3 N–H and O–H groups in total. The summed E-state index contributed by atoms with van der Waals surface area (Å²) in [6, 6.07) is 7.13. The minimum atomic E-state index is -3.94. The molecular weight excluding hydrogens is 350 g/mol. The molecule has 10 heteroatoms. The van der Waals surface area contributed by atoms with Gasteiger partial charge in [0.1, 0.15) is 6.23 Å². The molecule has 25 heavy (non-hydrogen) atoms. The minimum absolute atomic E-state index is 0.0222. The monoisotopic (exact) mass is 373 g/mol. The molecule has 0 bridgehead atoms. The number of sulfonamides is 1. The molecule has 1 saturated heterocycles. The molecule has 1 amide bonds. The van der Waals surface area contributed by atoms with Gasteiger partial charge in [-0.05, 0) is 18.6 Å². The van der Waals surface area contributed by atoms with Crippen molar-refractivity contribution in [1.82, 2.24) is 14.9 Å². The number of nitrogens with one attached hydrogen (secondary N) is 1. The number of hydrogen-bond acceptors (Lipinski definition) is 6. The van der Waals surface area contributed by atoms with Gasteiger partial charge in [-0.25, -0.2) is 13.2 Å². The quantitative estimate of drug-likeness (QED) is 0.459. The molecular formula is C15H23N3O6S. The number of rotatable bonds is 8. The van der Waals surface area contributed by atoms with Crippen LogP contribution in [0.3, 0.4) is 0 Å². The molecule has 1 aliphatic heterocycles. The van der Waals surface area contributed by atoms with Crippen molar-refractivity contribution in [2.24, 2.45) is 0 Å². The van der Waals surface area contributed by atoms with Crippen LogP contribution in [0.5, 0.6) is 0 Å². The van der Waals surface area contributed by atoms with Gasteiger partial charge in [-0.3, -0.25) is 10.3 Å². The Bertz CT molecular complexity index is 669. The van der Waals surface area contributed by atoms with E-state index in [1.165, 1.54) is 12.1 Å². The highest BCUT2D eigenvalue weighted by molar-refractivity contribution is 7.89. The Morgan fingerprint density at radius 2 is 2.08 bits per heavy atom. The van der Waals surface area contributed by atoms with Crippen molar-refractivity contribution >= 4 is 16.1 Å². The van der Waals surface area contributed by atoms with Crippen molar-refractivity contribution in [1.29, 1.82) is 0 Å². The number of hydroxylamine groups is 1. The number of carboxylic acid groups (broad SMARTS) is 1. The van der Waals surface area contributed by atoms with Gasteiger partial charge in [-0.2, -0.15) is 5.01 Å². The lowest BCUT2D eigenvalue weighted by molar-refractivity contribution is -0.111. The molecule has 0 unspecified atom stereocenters. The van der Waals surface area contributed by atoms with Crippen molar-refractivity contribution in [2.75, 3.05) is 13.2 Å². The molecule has 1 fully saturated rings. The maximum Gasteiger partial charge on any atom is 0.419 e. The Morgan fingerprint density at radius 1 is 1.40 bits per heavy atom. The normalized spacial score (nSPS) is 21.6. The number of nitrogens with zero attached hydrogens (tertiary/aromatic N) is 2. The molecule has 1 aromatic rings. The molecule has 0 radical (unpaired) electrons. The van der Waals surface area contributed by atoms with Crippen LogP contribution >= 0.6 is 0 Å². The van der Waals surface area contributed by atoms with E-state index in [4.69, 9.17) is 9.94 Å². The summed E-state index contributed by atoms with van der Waals surface area (Å²) >= 11 is 0. The Kier molecular flexibility index (Phi) is 6.73. The maximum absolute atomic E-state index is 12.9. The third-order valence-corrected chi connectivity index (χ3v) is 5.53. The van der Waals surface area contributed by atoms with Crippen molar-refractivity contribution in [3.05, 3.63) is 30.3 Å². The molecule has 2 atom stereocenters. The first kappa shape index (κ1) is 19.6. The summed E-state index contributed by atoms with van der Waals surface area (Å²) in [6.07, 6.45) is -0.932. The zero-order valence-electron chi connectivity index (χ0n) is 13.9. The SMILES string of the molecule is CCCCON([C@@H]1C[C@@H](O)N(NC(=O)O)C1)S(=O)(=O)c1ccccc1. The lowest BCUT2D eigenvalue weighted by Crippen LogP contribution is -2.47. The zero-order valence-corrected chi connectivity index (χ0v) is 14.7. The van der Waals surface area contributed by atoms with Gasteiger partial charge < -0.3 is 10.2 Å². The summed E-state index contributed by atoms with van der Waals surface area (Å²) in [6.45, 7) is 2.14. The van der Waals surface area contributed by atoms with Crippen LogP contribution in [0.1, 0.15) is 26.2 Å². The van der Waals surface area contributed by atoms with Crippen LogP contribution in [0.15, 0.2) is 35.2 Å². The van der Waals surface area contributed by atoms with Gasteiger partial charge in [-0.1, -0.05) is 36.0 Å². The summed E-state index contributed by atoms with van der Waals surface area (Å²) in [7, 11) is -3.94. The predicted molar refractivity (Wildman–Crippen MR) is 88.6 cm³/mol. The van der Waals surface area contributed by atoms with E-state index in [1.807, 2.05) is 6.92 Å². The Labute approximate surface area is 146 Å². The number of carbonyl (C=O) groups is 1. The number of hydrogen-bond donors (Lipinski definition) is 3. The van der Waals surface area contributed by atoms with Crippen LogP contribution < -0.4 is 5.43 Å². The Hall–Kier alpha value is -1.72. The topological polar surface area (TPSA) is 119 Å². The zero-order chi connectivity index (χ0) is 18.4. The predicted octanol–water partition coefficient (Wildman–Crippen LogP) is 0.984. The second kappa shape index (κ2) is 8.59. The van der Waals surface area contributed by atoms with Crippen LogP contribution in [-0.2, 0) is 14.9 Å². The highest BCUT2D eigenvalue weighted by Crippen LogP contribution is 2.26. The van der Waals surface area contributed by atoms with Crippen molar-refractivity contribution in [2.45, 2.75) is 43.4 Å². The smallest absolute Gasteiger partial charge is 0.419 e. The van der Waals surface area contributed by atoms with Gasteiger partial charge in [0, 0.05) is 13.0 Å². The summed E-state index contributed by atoms with van der Waals surface area (Å²) in [5.74, 6) is 0. The van der Waals surface area contributed by atoms with Gasteiger partial charge in [0.2, 0.25) is 0 Å². The van der Waals surface area contributed by atoms with Gasteiger partial charge >= 0.3 is 6.09 Å². The van der Waals surface area contributed by atoms with E-state index >= 15 is 0 Å². The number of aliphatic hydroxyl groups is 1. The maximum atomic E-state index is 12.9. The van der Waals surface area contributed by atoms with Crippen molar-refractivity contribution in [3.63, 3.8) is 0 Å². The van der Waals surface area contributed by atoms with E-state index in [1.54, 1.807) is 18.2 Å². The summed E-state index contributed by atoms with van der Waals surface area (Å²) < 4.78 is 26.7. The van der Waals surface area contributed by atoms with Gasteiger partial charge in [0.25, 0.3) is 10.0 Å². The van der Waals surface area contributed by atoms with E-state index in [0.29, 0.717) is 6.42 Å². The van der Waals surface area contributed by atoms with Crippen LogP contribution in [0.2, 0.25) is 0 Å². The minimum Gasteiger partial charge on any atom is -0.464 e. The number of amides is 1. The van der Waals surface area contributed by atoms with E-state index in [-0.39, 0.29) is 24.5 Å². The molecule has 140 valence electrons. The largest absolute Gasteiger partial charge is 0.464 e. The van der Waals surface area contributed by atoms with Gasteiger partial charge in [0.05, 0.1) is 17.5 Å². The Morgan fingerprint density at radius 3 is 2.68 bits per heavy atom. The average Bonchev–Trinajstić information content (AvgIpc) is 2.92. The molecule has 1 aliphatic rings. The molecule has 0 aliphatic carbocycles. The summed E-state index contributed by atoms with van der Waals surface area (Å²) in [4.78, 5) is 16.4. The van der Waals surface area contributed by atoms with Gasteiger partial charge in [0.15, 0.2) is 0 Å². The van der Waals surface area contributed by atoms with Gasteiger partial charge in [-0.15, -0.1) is 0 Å². The van der Waals surface area contributed by atoms with Crippen LogP contribution in [0, 0.1) is 0 Å². The first-order valence-electron chi connectivity index (χ1n) is 8.03. The fourth-order valence-corrected chi connectivity index (χ4v) is 4.02. The molecule has 0 aromatic heterocycles. The molecule has 1 heterocycles. The first-order valence-corrected chi connectivity index (χ1v) is 9.47. The second-order valence-corrected chi connectivity index (χ2v) is 7.48. The third kappa shape index (κ3) is 4.89. The highest BCUT2D eigenvalue weighted by Gasteiger charge is 2.41. The number of hydrazine groups is 1. The molecule has 2 rings (SSSR count). The summed E-state index contributed by atoms with van der Waals surface area (Å²) in [5, 5.41) is 19.9. The first-order chi connectivity index (χ1) is 11.9. The van der Waals surface area contributed by atoms with Crippen LogP contribution in [0.25, 0.3) is 0 Å². The van der Waals surface area contributed by atoms with E-state index in [9.17, 15) is 18.3 Å². The fourth-order valence-electron chi connectivity index (χ4n) is 2.56. The highest BCUT2D eigenvalue weighted by atomic mass is 32.2. The Balaban J connectivity index is 2.23. The van der Waals surface area contributed by atoms with Crippen molar-refractivity contribution < 1.29 is 28.3 Å². The summed E-state index contributed by atoms with van der Waals surface area (Å²) in [5.41, 5.74) is 2.06. The standard InChI is InChI=1S/C15H23N3O6S/c1-2-3-9-24-18(25(22,23)13-7-5-4-6-8-13)12-10-14(19)17(11-12)16-15(20)21/h4-8,12,14,16,19H,2-3,9-11H2,1H3,(H,20,21)/t12-,14-/m1/s1. The number of unbranched alkanes of at least 4 members (excludes halogenated alkanes) is 1. The fraction of sp³-hybridized carbons (Fsp3) is 0.533. The molecule has 1 aromatic carbocycles. The lowest BCUT2D eigenvalue weighted by Gasteiger charge is -2.27. The second-order valence-electron chi connectivity index (χ2n) is 5.70. The number of aliphatic hydroxyl groups excluding tert-OH is 1. The van der Waals surface area contributed by atoms with Crippen molar-refractivity contribution in [3.8, 4) is 0 Å². The van der Waals surface area contributed by atoms with E-state index < -0.39 is 28.4 Å². The molecule has 9 nitrogen and oxygen atoms in total. The van der Waals surface area contributed by atoms with Crippen LogP contribution in [-0.4, -0.2) is 59.6 Å². The van der Waals surface area contributed by atoms with E-state index in [2.05, 4.69) is 5.43 Å². The average molecular weight is 373 g/mol. The van der Waals surface area contributed by atoms with E-state index in [0.717, 1.165) is 15.9 Å². The van der Waals surface area contributed by atoms with Crippen LogP contribution in [0.4, 0.5) is 4.79 Å². The third-order valence-electron chi connectivity index (χ3n) is 3.78.